The van der Waals surface area contributed by atoms with Gasteiger partial charge in [-0.3, -0.25) is 10.1 Å². The van der Waals surface area contributed by atoms with Gasteiger partial charge >= 0.3 is 0 Å². The van der Waals surface area contributed by atoms with Gasteiger partial charge in [0.2, 0.25) is 5.91 Å². The van der Waals surface area contributed by atoms with E-state index in [1.54, 1.807) is 0 Å². The molecule has 1 aliphatic carbocycles. The lowest BCUT2D eigenvalue weighted by Gasteiger charge is -2.42. The summed E-state index contributed by atoms with van der Waals surface area (Å²) < 4.78 is 0. The molecule has 0 spiro atoms. The molecule has 1 heterocycles. The first-order valence-electron chi connectivity index (χ1n) is 4.92. The smallest absolute Gasteiger partial charge is 0.225 e. The van der Waals surface area contributed by atoms with Gasteiger partial charge in [-0.25, -0.2) is 0 Å². The van der Waals surface area contributed by atoms with E-state index in [4.69, 9.17) is 11.6 Å². The molecule has 0 aromatic heterocycles. The molecule has 0 aromatic carbocycles. The minimum atomic E-state index is 0.0440. The van der Waals surface area contributed by atoms with Crippen LogP contribution in [0.4, 0.5) is 0 Å². The van der Waals surface area contributed by atoms with E-state index in [1.165, 1.54) is 0 Å². The normalized spacial score (nSPS) is 48.2. The van der Waals surface area contributed by atoms with Crippen LogP contribution in [-0.4, -0.2) is 28.3 Å². The van der Waals surface area contributed by atoms with Crippen molar-refractivity contribution in [2.75, 3.05) is 0 Å². The fraction of sp³-hybridized carbons (Fsp3) is 0.889. The van der Waals surface area contributed by atoms with E-state index < -0.39 is 0 Å². The van der Waals surface area contributed by atoms with Crippen LogP contribution < -0.4 is 10.6 Å². The molecule has 2 fully saturated rings. The third-order valence-electron chi connectivity index (χ3n) is 3.00. The maximum Gasteiger partial charge on any atom is 0.225 e. The molecular formula is C9H14BrClN2O. The minimum Gasteiger partial charge on any atom is -0.341 e. The summed E-state index contributed by atoms with van der Waals surface area (Å²) in [5.74, 6) is 0.189. The van der Waals surface area contributed by atoms with E-state index in [2.05, 4.69) is 26.6 Å². The Bertz CT molecular complexity index is 251. The molecule has 3 nitrogen and oxygen atoms in total. The van der Waals surface area contributed by atoms with Gasteiger partial charge in [0.25, 0.3) is 0 Å². The Morgan fingerprint density at radius 2 is 2.21 bits per heavy atom. The number of rotatable bonds is 0. The van der Waals surface area contributed by atoms with Gasteiger partial charge in [-0.2, -0.15) is 0 Å². The van der Waals surface area contributed by atoms with Crippen LogP contribution in [0.25, 0.3) is 0 Å². The lowest BCUT2D eigenvalue weighted by molar-refractivity contribution is -0.130. The Morgan fingerprint density at radius 1 is 1.50 bits per heavy atom. The Labute approximate surface area is 97.1 Å². The van der Waals surface area contributed by atoms with Crippen molar-refractivity contribution in [3.63, 3.8) is 0 Å². The van der Waals surface area contributed by atoms with Crippen molar-refractivity contribution in [2.45, 2.75) is 42.2 Å². The molecule has 2 rings (SSSR count). The molecule has 1 saturated carbocycles. The van der Waals surface area contributed by atoms with E-state index in [0.717, 1.165) is 12.8 Å². The molecule has 5 atom stereocenters. The van der Waals surface area contributed by atoms with Gasteiger partial charge in [-0.1, -0.05) is 15.9 Å². The maximum absolute atomic E-state index is 11.7. The van der Waals surface area contributed by atoms with Gasteiger partial charge in [0.05, 0.1) is 12.1 Å². The van der Waals surface area contributed by atoms with Crippen LogP contribution in [0.15, 0.2) is 0 Å². The minimum absolute atomic E-state index is 0.0440. The molecule has 2 aliphatic rings. The highest BCUT2D eigenvalue weighted by molar-refractivity contribution is 9.09. The summed E-state index contributed by atoms with van der Waals surface area (Å²) in [6, 6.07) is 0.276. The fourth-order valence-corrected chi connectivity index (χ4v) is 3.18. The van der Waals surface area contributed by atoms with Gasteiger partial charge in [0, 0.05) is 16.2 Å². The zero-order valence-corrected chi connectivity index (χ0v) is 10.3. The Morgan fingerprint density at radius 3 is 2.93 bits per heavy atom. The van der Waals surface area contributed by atoms with Crippen LogP contribution >= 0.6 is 27.5 Å². The number of carbonyl (C=O) groups is 1. The lowest BCUT2D eigenvalue weighted by atomic mass is 9.82. The van der Waals surface area contributed by atoms with Crippen LogP contribution in [0, 0.1) is 5.92 Å². The number of alkyl halides is 2. The van der Waals surface area contributed by atoms with Crippen LogP contribution in [0.3, 0.4) is 0 Å². The van der Waals surface area contributed by atoms with Crippen molar-refractivity contribution in [2.24, 2.45) is 5.92 Å². The Hall–Kier alpha value is 0.200. The van der Waals surface area contributed by atoms with Crippen molar-refractivity contribution in [3.8, 4) is 0 Å². The number of hydrogen-bond donors (Lipinski definition) is 2. The molecule has 14 heavy (non-hydrogen) atoms. The van der Waals surface area contributed by atoms with E-state index in [-0.39, 0.29) is 29.4 Å². The molecule has 80 valence electrons. The summed E-state index contributed by atoms with van der Waals surface area (Å²) in [7, 11) is 0. The van der Waals surface area contributed by atoms with Gasteiger partial charge < -0.3 is 5.32 Å². The zero-order valence-electron chi connectivity index (χ0n) is 7.97. The van der Waals surface area contributed by atoms with Crippen molar-refractivity contribution in [1.29, 1.82) is 0 Å². The standard InChI is InChI=1S/C9H14BrClN2O/c1-4-12-8-3-6(10)7(11)2-5(8)9(14)13-4/h4-8,12H,2-3H2,1H3,(H,13,14). The average molecular weight is 282 g/mol. The van der Waals surface area contributed by atoms with Crippen LogP contribution in [0.2, 0.25) is 0 Å². The lowest BCUT2D eigenvalue weighted by Crippen LogP contribution is -2.63. The van der Waals surface area contributed by atoms with Gasteiger partial charge in [0.1, 0.15) is 0 Å². The predicted molar refractivity (Wildman–Crippen MR) is 59.6 cm³/mol. The van der Waals surface area contributed by atoms with Gasteiger partial charge in [0.15, 0.2) is 0 Å². The molecular weight excluding hydrogens is 267 g/mol. The Kier molecular flexibility index (Phi) is 3.05. The molecule has 0 bridgehead atoms. The molecule has 5 heteroatoms. The molecule has 0 radical (unpaired) electrons. The molecule has 0 aromatic rings. The second kappa shape index (κ2) is 3.99. The predicted octanol–water partition coefficient (Wildman–Crippen LogP) is 1.20. The molecule has 5 unspecified atom stereocenters. The van der Waals surface area contributed by atoms with Crippen molar-refractivity contribution < 1.29 is 4.79 Å². The molecule has 2 N–H and O–H groups in total. The Balaban J connectivity index is 2.09. The quantitative estimate of drug-likeness (QED) is 0.655. The summed E-state index contributed by atoms with van der Waals surface area (Å²) in [6.07, 6.45) is 1.76. The first kappa shape index (κ1) is 10.7. The molecule has 1 aliphatic heterocycles. The van der Waals surface area contributed by atoms with Crippen molar-refractivity contribution >= 4 is 33.4 Å². The van der Waals surface area contributed by atoms with Crippen molar-refractivity contribution in [3.05, 3.63) is 0 Å². The SMILES string of the molecule is CC1NC(=O)C2CC(Cl)C(Br)CC2N1. The summed E-state index contributed by atoms with van der Waals surface area (Å²) in [5.41, 5.74) is 0. The highest BCUT2D eigenvalue weighted by Gasteiger charge is 2.42. The molecule has 1 saturated heterocycles. The number of amides is 1. The highest BCUT2D eigenvalue weighted by atomic mass is 79.9. The van der Waals surface area contributed by atoms with Gasteiger partial charge in [-0.05, 0) is 19.8 Å². The van der Waals surface area contributed by atoms with Crippen molar-refractivity contribution in [1.82, 2.24) is 10.6 Å². The number of halogens is 2. The summed E-state index contributed by atoms with van der Waals surface area (Å²) in [5, 5.41) is 6.34. The van der Waals surface area contributed by atoms with Gasteiger partial charge in [-0.15, -0.1) is 11.6 Å². The topological polar surface area (TPSA) is 41.1 Å². The number of fused-ring (bicyclic) bond motifs is 1. The zero-order chi connectivity index (χ0) is 10.3. The third kappa shape index (κ3) is 1.92. The third-order valence-corrected chi connectivity index (χ3v) is 4.79. The first-order valence-corrected chi connectivity index (χ1v) is 6.27. The summed E-state index contributed by atoms with van der Waals surface area (Å²) >= 11 is 9.69. The maximum atomic E-state index is 11.7. The number of hydrogen-bond acceptors (Lipinski definition) is 2. The second-order valence-electron chi connectivity index (χ2n) is 4.11. The first-order chi connectivity index (χ1) is 6.58. The molecule has 1 amide bonds. The highest BCUT2D eigenvalue weighted by Crippen LogP contribution is 2.34. The van der Waals surface area contributed by atoms with E-state index in [1.807, 2.05) is 6.92 Å². The summed E-state index contributed by atoms with van der Waals surface area (Å²) in [6.45, 7) is 1.96. The van der Waals surface area contributed by atoms with E-state index >= 15 is 0 Å². The number of nitrogens with one attached hydrogen (secondary N) is 2. The summed E-state index contributed by atoms with van der Waals surface area (Å²) in [4.78, 5) is 12.0. The van der Waals surface area contributed by atoms with Crippen LogP contribution in [0.1, 0.15) is 19.8 Å². The monoisotopic (exact) mass is 280 g/mol. The fourth-order valence-electron chi connectivity index (χ4n) is 2.27. The van der Waals surface area contributed by atoms with E-state index in [9.17, 15) is 4.79 Å². The second-order valence-corrected chi connectivity index (χ2v) is 5.85. The largest absolute Gasteiger partial charge is 0.341 e. The van der Waals surface area contributed by atoms with Crippen LogP contribution in [-0.2, 0) is 4.79 Å². The average Bonchev–Trinajstić information content (AvgIpc) is 2.08. The number of carbonyl (C=O) groups excluding carboxylic acids is 1. The van der Waals surface area contributed by atoms with Crippen LogP contribution in [0.5, 0.6) is 0 Å². The van der Waals surface area contributed by atoms with E-state index in [0.29, 0.717) is 4.83 Å².